The zero-order valence-corrected chi connectivity index (χ0v) is 12.5. The van der Waals surface area contributed by atoms with Gasteiger partial charge in [-0.05, 0) is 12.1 Å². The second kappa shape index (κ2) is 7.03. The molecule has 0 atom stereocenters. The van der Waals surface area contributed by atoms with E-state index in [2.05, 4.69) is 5.32 Å². The average Bonchev–Trinajstić information content (AvgIpc) is 2.49. The molecule has 1 aromatic carbocycles. The topological polar surface area (TPSA) is 61.9 Å². The van der Waals surface area contributed by atoms with Crippen LogP contribution >= 0.6 is 0 Å². The molecule has 0 saturated carbocycles. The van der Waals surface area contributed by atoms with Crippen LogP contribution in [0.4, 0.5) is 0 Å². The summed E-state index contributed by atoms with van der Waals surface area (Å²) in [7, 11) is -1.78. The van der Waals surface area contributed by atoms with E-state index in [4.69, 9.17) is 4.74 Å². The number of nitrogens with one attached hydrogen (secondary N) is 1. The van der Waals surface area contributed by atoms with E-state index < -0.39 is 10.2 Å². The largest absolute Gasteiger partial charge is 0.492 e. The van der Waals surface area contributed by atoms with Crippen molar-refractivity contribution in [1.29, 1.82) is 0 Å². The molecule has 1 saturated heterocycles. The van der Waals surface area contributed by atoms with Crippen LogP contribution in [0.5, 0.6) is 5.75 Å². The Bertz CT molecular complexity index is 501. The molecule has 1 aliphatic rings. The number of likely N-dealkylation sites (N-methyl/N-ethyl adjacent to an activating group) is 1. The lowest BCUT2D eigenvalue weighted by Gasteiger charge is -2.30. The fourth-order valence-corrected chi connectivity index (χ4v) is 3.34. The van der Waals surface area contributed by atoms with Crippen molar-refractivity contribution in [2.24, 2.45) is 0 Å². The maximum absolute atomic E-state index is 12.3. The van der Waals surface area contributed by atoms with E-state index in [1.54, 1.807) is 7.05 Å². The van der Waals surface area contributed by atoms with E-state index >= 15 is 0 Å². The summed E-state index contributed by atoms with van der Waals surface area (Å²) in [6.07, 6.45) is 0. The van der Waals surface area contributed by atoms with E-state index in [1.807, 2.05) is 30.3 Å². The molecule has 1 aromatic rings. The quantitative estimate of drug-likeness (QED) is 0.812. The van der Waals surface area contributed by atoms with E-state index in [-0.39, 0.29) is 0 Å². The minimum absolute atomic E-state index is 0.334. The average molecular weight is 299 g/mol. The molecule has 112 valence electrons. The third kappa shape index (κ3) is 3.92. The summed E-state index contributed by atoms with van der Waals surface area (Å²) in [5.74, 6) is 0.750. The number of hydrogen-bond donors (Lipinski definition) is 1. The number of para-hydroxylation sites is 1. The number of hydrogen-bond acceptors (Lipinski definition) is 4. The van der Waals surface area contributed by atoms with Gasteiger partial charge in [-0.25, -0.2) is 0 Å². The minimum atomic E-state index is -3.37. The van der Waals surface area contributed by atoms with Gasteiger partial charge in [0.25, 0.3) is 10.2 Å². The summed E-state index contributed by atoms with van der Waals surface area (Å²) in [6, 6.07) is 9.39. The molecule has 0 unspecified atom stereocenters. The summed E-state index contributed by atoms with van der Waals surface area (Å²) in [5, 5.41) is 3.14. The summed E-state index contributed by atoms with van der Waals surface area (Å²) in [6.45, 7) is 3.12. The van der Waals surface area contributed by atoms with E-state index in [0.29, 0.717) is 39.3 Å². The molecule has 0 aromatic heterocycles. The predicted octanol–water partition coefficient (Wildman–Crippen LogP) is 0.147. The van der Waals surface area contributed by atoms with E-state index in [0.717, 1.165) is 5.75 Å². The highest BCUT2D eigenvalue weighted by atomic mass is 32.2. The maximum Gasteiger partial charge on any atom is 0.281 e. The van der Waals surface area contributed by atoms with Crippen LogP contribution in [0.25, 0.3) is 0 Å². The van der Waals surface area contributed by atoms with Crippen LogP contribution in [0.15, 0.2) is 30.3 Å². The Hall–Kier alpha value is -1.15. The molecule has 20 heavy (non-hydrogen) atoms. The fraction of sp³-hybridized carbons (Fsp3) is 0.538. The van der Waals surface area contributed by atoms with Gasteiger partial charge in [-0.1, -0.05) is 18.2 Å². The van der Waals surface area contributed by atoms with Gasteiger partial charge in [0, 0.05) is 39.8 Å². The molecule has 0 radical (unpaired) electrons. The van der Waals surface area contributed by atoms with Crippen LogP contribution < -0.4 is 10.1 Å². The molecule has 0 bridgehead atoms. The van der Waals surface area contributed by atoms with Crippen molar-refractivity contribution in [2.45, 2.75) is 0 Å². The first kappa shape index (κ1) is 15.2. The number of nitrogens with zero attached hydrogens (tertiary/aromatic N) is 2. The molecule has 1 heterocycles. The van der Waals surface area contributed by atoms with Gasteiger partial charge >= 0.3 is 0 Å². The van der Waals surface area contributed by atoms with Crippen LogP contribution in [0.3, 0.4) is 0 Å². The molecule has 0 amide bonds. The van der Waals surface area contributed by atoms with Crippen molar-refractivity contribution < 1.29 is 13.2 Å². The van der Waals surface area contributed by atoms with Crippen LogP contribution in [0.2, 0.25) is 0 Å². The Labute approximate surface area is 120 Å². The first-order valence-corrected chi connectivity index (χ1v) is 8.10. The fourth-order valence-electron chi connectivity index (χ4n) is 2.00. The monoisotopic (exact) mass is 299 g/mol. The Morgan fingerprint density at radius 1 is 1.25 bits per heavy atom. The second-order valence-corrected chi connectivity index (χ2v) is 6.68. The van der Waals surface area contributed by atoms with Gasteiger partial charge in [0.1, 0.15) is 12.4 Å². The van der Waals surface area contributed by atoms with Crippen molar-refractivity contribution in [2.75, 3.05) is 46.4 Å². The molecular weight excluding hydrogens is 278 g/mol. The molecule has 1 aliphatic heterocycles. The molecule has 1 N–H and O–H groups in total. The normalized spacial score (nSPS) is 17.3. The Morgan fingerprint density at radius 2 is 1.90 bits per heavy atom. The maximum atomic E-state index is 12.3. The standard InChI is InChI=1S/C13H21N3O3S/c1-15(11-12-19-13-5-3-2-4-6-13)20(17,18)16-9-7-14-8-10-16/h2-6,14H,7-12H2,1H3. The first-order chi connectivity index (χ1) is 9.60. The SMILES string of the molecule is CN(CCOc1ccccc1)S(=O)(=O)N1CCNCC1. The smallest absolute Gasteiger partial charge is 0.281 e. The van der Waals surface area contributed by atoms with Gasteiger partial charge in [0.15, 0.2) is 0 Å². The second-order valence-electron chi connectivity index (χ2n) is 4.64. The third-order valence-electron chi connectivity index (χ3n) is 3.21. The highest BCUT2D eigenvalue weighted by Crippen LogP contribution is 2.10. The first-order valence-electron chi connectivity index (χ1n) is 6.70. The number of benzene rings is 1. The van der Waals surface area contributed by atoms with Crippen LogP contribution in [-0.2, 0) is 10.2 Å². The molecule has 6 nitrogen and oxygen atoms in total. The van der Waals surface area contributed by atoms with Gasteiger partial charge in [-0.2, -0.15) is 17.0 Å². The molecule has 2 rings (SSSR count). The summed E-state index contributed by atoms with van der Waals surface area (Å²) < 4.78 is 33.0. The van der Waals surface area contributed by atoms with Crippen molar-refractivity contribution in [3.05, 3.63) is 30.3 Å². The Balaban J connectivity index is 1.83. The zero-order chi connectivity index (χ0) is 14.4. The molecule has 0 aliphatic carbocycles. The van der Waals surface area contributed by atoms with Crippen LogP contribution in [0.1, 0.15) is 0 Å². The van der Waals surface area contributed by atoms with Crippen LogP contribution in [0, 0.1) is 0 Å². The van der Waals surface area contributed by atoms with Crippen molar-refractivity contribution in [1.82, 2.24) is 13.9 Å². The number of ether oxygens (including phenoxy) is 1. The van der Waals surface area contributed by atoms with Crippen molar-refractivity contribution in [3.8, 4) is 5.75 Å². The lowest BCUT2D eigenvalue weighted by Crippen LogP contribution is -2.51. The van der Waals surface area contributed by atoms with Crippen molar-refractivity contribution >= 4 is 10.2 Å². The van der Waals surface area contributed by atoms with Crippen LogP contribution in [-0.4, -0.2) is 63.4 Å². The van der Waals surface area contributed by atoms with E-state index in [9.17, 15) is 8.42 Å². The lowest BCUT2D eigenvalue weighted by molar-refractivity contribution is 0.271. The van der Waals surface area contributed by atoms with Gasteiger partial charge in [0.05, 0.1) is 0 Å². The van der Waals surface area contributed by atoms with Gasteiger partial charge in [-0.15, -0.1) is 0 Å². The van der Waals surface area contributed by atoms with E-state index in [1.165, 1.54) is 8.61 Å². The summed E-state index contributed by atoms with van der Waals surface area (Å²) >= 11 is 0. The Kier molecular flexibility index (Phi) is 5.36. The summed E-state index contributed by atoms with van der Waals surface area (Å²) in [5.41, 5.74) is 0. The number of rotatable bonds is 6. The van der Waals surface area contributed by atoms with Gasteiger partial charge in [-0.3, -0.25) is 0 Å². The van der Waals surface area contributed by atoms with Gasteiger partial charge in [0.2, 0.25) is 0 Å². The Morgan fingerprint density at radius 3 is 2.55 bits per heavy atom. The van der Waals surface area contributed by atoms with Crippen molar-refractivity contribution in [3.63, 3.8) is 0 Å². The zero-order valence-electron chi connectivity index (χ0n) is 11.7. The highest BCUT2D eigenvalue weighted by molar-refractivity contribution is 7.86. The third-order valence-corrected chi connectivity index (χ3v) is 5.20. The highest BCUT2D eigenvalue weighted by Gasteiger charge is 2.27. The molecule has 0 spiro atoms. The summed E-state index contributed by atoms with van der Waals surface area (Å²) in [4.78, 5) is 0. The van der Waals surface area contributed by atoms with Gasteiger partial charge < -0.3 is 10.1 Å². The minimum Gasteiger partial charge on any atom is -0.492 e. The number of piperazine rings is 1. The molecular formula is C13H21N3O3S. The molecule has 7 heteroatoms. The predicted molar refractivity (Wildman–Crippen MR) is 77.9 cm³/mol. The molecule has 1 fully saturated rings. The lowest BCUT2D eigenvalue weighted by atomic mass is 10.3.